The van der Waals surface area contributed by atoms with Crippen LogP contribution in [0, 0.1) is 5.92 Å². The molecule has 2 aliphatic carbocycles. The van der Waals surface area contributed by atoms with Crippen molar-refractivity contribution in [3.05, 3.63) is 34.4 Å². The first-order valence-electron chi connectivity index (χ1n) is 8.73. The van der Waals surface area contributed by atoms with E-state index in [1.807, 2.05) is 7.05 Å². The number of hydrogen-bond donors (Lipinski definition) is 2. The molecule has 2 aliphatic rings. The van der Waals surface area contributed by atoms with Crippen LogP contribution in [0.3, 0.4) is 0 Å². The van der Waals surface area contributed by atoms with E-state index in [-0.39, 0.29) is 17.9 Å². The molecule has 3 atom stereocenters. The van der Waals surface area contributed by atoms with Crippen molar-refractivity contribution in [1.82, 2.24) is 24.9 Å². The van der Waals surface area contributed by atoms with E-state index in [2.05, 4.69) is 15.5 Å². The Labute approximate surface area is 151 Å². The molecule has 0 spiro atoms. The quantitative estimate of drug-likeness (QED) is 0.858. The van der Waals surface area contributed by atoms with E-state index < -0.39 is 6.10 Å². The number of aliphatic hydroxyl groups is 1. The van der Waals surface area contributed by atoms with E-state index in [0.29, 0.717) is 23.7 Å². The Balaban J connectivity index is 1.42. The Bertz CT molecular complexity index is 799. The number of hydrogen-bond acceptors (Lipinski definition) is 4. The molecule has 1 saturated carbocycles. The van der Waals surface area contributed by atoms with Gasteiger partial charge in [-0.3, -0.25) is 14.2 Å². The molecule has 2 N–H and O–H groups in total. The molecule has 0 saturated heterocycles. The van der Waals surface area contributed by atoms with Gasteiger partial charge in [-0.1, -0.05) is 11.6 Å². The number of aliphatic hydroxyl groups excluding tert-OH is 1. The lowest BCUT2D eigenvalue weighted by Crippen LogP contribution is -2.41. The van der Waals surface area contributed by atoms with Gasteiger partial charge in [0.05, 0.1) is 29.1 Å². The number of rotatable bonds is 4. The molecule has 7 nitrogen and oxygen atoms in total. The van der Waals surface area contributed by atoms with Crippen molar-refractivity contribution in [2.75, 3.05) is 0 Å². The molecule has 25 heavy (non-hydrogen) atoms. The van der Waals surface area contributed by atoms with Gasteiger partial charge in [0.15, 0.2) is 0 Å². The first-order chi connectivity index (χ1) is 12.0. The summed E-state index contributed by atoms with van der Waals surface area (Å²) in [7, 11) is 1.81. The highest BCUT2D eigenvalue weighted by Gasteiger charge is 2.35. The van der Waals surface area contributed by atoms with E-state index in [1.54, 1.807) is 21.8 Å². The summed E-state index contributed by atoms with van der Waals surface area (Å²) < 4.78 is 3.46. The average molecular weight is 364 g/mol. The van der Waals surface area contributed by atoms with Crippen molar-refractivity contribution in [3.8, 4) is 0 Å². The second-order valence-electron chi connectivity index (χ2n) is 7.12. The first kappa shape index (κ1) is 16.6. The van der Waals surface area contributed by atoms with Crippen LogP contribution in [-0.4, -0.2) is 42.7 Å². The standard InChI is InChI=1S/C17H22ClN5O2/c1-22-16(12-3-2-4-13(12)21-22)17(25)20-14-5-10(6-15(14)24)8-23-9-11(18)7-19-23/h7,9-10,14-15,24H,2-6,8H2,1H3,(H,20,25)/t10?,14-,15-/m1/s1. The molecule has 2 aromatic rings. The topological polar surface area (TPSA) is 85.0 Å². The number of carbonyl (C=O) groups excluding carboxylic acids is 1. The molecule has 0 aliphatic heterocycles. The van der Waals surface area contributed by atoms with Crippen LogP contribution in [-0.2, 0) is 26.4 Å². The molecule has 8 heteroatoms. The van der Waals surface area contributed by atoms with Crippen LogP contribution < -0.4 is 5.32 Å². The van der Waals surface area contributed by atoms with Gasteiger partial charge in [-0.2, -0.15) is 10.2 Å². The maximum Gasteiger partial charge on any atom is 0.270 e. The van der Waals surface area contributed by atoms with Gasteiger partial charge in [0, 0.05) is 25.4 Å². The molecule has 0 bridgehead atoms. The summed E-state index contributed by atoms with van der Waals surface area (Å²) in [6.07, 6.45) is 7.11. The number of carbonyl (C=O) groups is 1. The molecule has 2 aromatic heterocycles. The zero-order valence-corrected chi connectivity index (χ0v) is 14.9. The van der Waals surface area contributed by atoms with E-state index in [9.17, 15) is 9.90 Å². The van der Waals surface area contributed by atoms with Crippen molar-refractivity contribution in [3.63, 3.8) is 0 Å². The van der Waals surface area contributed by atoms with Crippen LogP contribution >= 0.6 is 11.6 Å². The lowest BCUT2D eigenvalue weighted by atomic mass is 10.1. The van der Waals surface area contributed by atoms with Gasteiger partial charge >= 0.3 is 0 Å². The van der Waals surface area contributed by atoms with Crippen molar-refractivity contribution in [2.24, 2.45) is 13.0 Å². The fraction of sp³-hybridized carbons (Fsp3) is 0.588. The molecule has 4 rings (SSSR count). The maximum atomic E-state index is 12.7. The minimum atomic E-state index is -0.540. The molecule has 0 aromatic carbocycles. The lowest BCUT2D eigenvalue weighted by Gasteiger charge is -2.17. The largest absolute Gasteiger partial charge is 0.391 e. The second-order valence-corrected chi connectivity index (χ2v) is 7.55. The van der Waals surface area contributed by atoms with Crippen molar-refractivity contribution >= 4 is 17.5 Å². The third kappa shape index (κ3) is 3.18. The molecule has 1 fully saturated rings. The van der Waals surface area contributed by atoms with Gasteiger partial charge in [0.2, 0.25) is 0 Å². The van der Waals surface area contributed by atoms with Gasteiger partial charge in [-0.15, -0.1) is 0 Å². The summed E-state index contributed by atoms with van der Waals surface area (Å²) in [6, 6.07) is -0.240. The smallest absolute Gasteiger partial charge is 0.270 e. The minimum Gasteiger partial charge on any atom is -0.391 e. The molecule has 1 amide bonds. The normalized spacial score (nSPS) is 25.3. The fourth-order valence-electron chi connectivity index (χ4n) is 4.17. The first-order valence-corrected chi connectivity index (χ1v) is 9.10. The Hall–Kier alpha value is -1.86. The van der Waals surface area contributed by atoms with Crippen LogP contribution in [0.2, 0.25) is 5.02 Å². The van der Waals surface area contributed by atoms with Gasteiger partial charge in [-0.05, 0) is 38.0 Å². The molecule has 134 valence electrons. The van der Waals surface area contributed by atoms with E-state index in [4.69, 9.17) is 11.6 Å². The van der Waals surface area contributed by atoms with Crippen LogP contribution in [0.4, 0.5) is 0 Å². The third-order valence-electron chi connectivity index (χ3n) is 5.27. The van der Waals surface area contributed by atoms with Crippen LogP contribution in [0.5, 0.6) is 0 Å². The zero-order chi connectivity index (χ0) is 17.6. The minimum absolute atomic E-state index is 0.134. The van der Waals surface area contributed by atoms with Crippen LogP contribution in [0.15, 0.2) is 12.4 Å². The highest BCUT2D eigenvalue weighted by Crippen LogP contribution is 2.29. The number of aromatic nitrogens is 4. The number of halogens is 1. The number of amides is 1. The molecule has 2 heterocycles. The van der Waals surface area contributed by atoms with E-state index in [0.717, 1.165) is 36.9 Å². The monoisotopic (exact) mass is 363 g/mol. The Morgan fingerprint density at radius 1 is 1.44 bits per heavy atom. The van der Waals surface area contributed by atoms with Gasteiger partial charge in [-0.25, -0.2) is 0 Å². The number of nitrogens with one attached hydrogen (secondary N) is 1. The van der Waals surface area contributed by atoms with Crippen molar-refractivity contribution in [1.29, 1.82) is 0 Å². The fourth-order valence-corrected chi connectivity index (χ4v) is 4.32. The third-order valence-corrected chi connectivity index (χ3v) is 5.47. The molecule has 0 radical (unpaired) electrons. The Morgan fingerprint density at radius 3 is 3.04 bits per heavy atom. The van der Waals surface area contributed by atoms with Gasteiger partial charge < -0.3 is 10.4 Å². The van der Waals surface area contributed by atoms with Gasteiger partial charge in [0.1, 0.15) is 5.69 Å². The lowest BCUT2D eigenvalue weighted by molar-refractivity contribution is 0.0862. The van der Waals surface area contributed by atoms with Crippen LogP contribution in [0.1, 0.15) is 41.0 Å². The summed E-state index contributed by atoms with van der Waals surface area (Å²) in [5.41, 5.74) is 2.74. The molecular weight excluding hydrogens is 342 g/mol. The second kappa shape index (κ2) is 6.46. The SMILES string of the molecule is Cn1nc2c(c1C(=O)N[C@@H]1CC(Cn3cc(Cl)cn3)C[C@H]1O)CCC2. The Morgan fingerprint density at radius 2 is 2.28 bits per heavy atom. The molecular formula is C17H22ClN5O2. The van der Waals surface area contributed by atoms with Crippen molar-refractivity contribution < 1.29 is 9.90 Å². The van der Waals surface area contributed by atoms with Crippen molar-refractivity contribution in [2.45, 2.75) is 50.8 Å². The average Bonchev–Trinajstić information content (AvgIpc) is 3.27. The van der Waals surface area contributed by atoms with Gasteiger partial charge in [0.25, 0.3) is 5.91 Å². The highest BCUT2D eigenvalue weighted by molar-refractivity contribution is 6.30. The highest BCUT2D eigenvalue weighted by atomic mass is 35.5. The molecule has 1 unspecified atom stereocenters. The van der Waals surface area contributed by atoms with E-state index >= 15 is 0 Å². The summed E-state index contributed by atoms with van der Waals surface area (Å²) >= 11 is 5.89. The number of nitrogens with zero attached hydrogens (tertiary/aromatic N) is 4. The number of fused-ring (bicyclic) bond motifs is 1. The summed E-state index contributed by atoms with van der Waals surface area (Å²) in [5, 5.41) is 22.6. The summed E-state index contributed by atoms with van der Waals surface area (Å²) in [6.45, 7) is 0.692. The Kier molecular flexibility index (Phi) is 4.29. The summed E-state index contributed by atoms with van der Waals surface area (Å²) in [4.78, 5) is 12.7. The summed E-state index contributed by atoms with van der Waals surface area (Å²) in [5.74, 6) is 0.124. The predicted molar refractivity (Wildman–Crippen MR) is 92.5 cm³/mol. The zero-order valence-electron chi connectivity index (χ0n) is 14.2. The van der Waals surface area contributed by atoms with Crippen LogP contribution in [0.25, 0.3) is 0 Å². The number of aryl methyl sites for hydroxylation is 2. The van der Waals surface area contributed by atoms with E-state index in [1.165, 1.54) is 0 Å². The maximum absolute atomic E-state index is 12.7. The predicted octanol–water partition coefficient (Wildman–Crippen LogP) is 1.33.